The number of rotatable bonds is 11. The van der Waals surface area contributed by atoms with Crippen molar-refractivity contribution in [2.75, 3.05) is 13.2 Å². The van der Waals surface area contributed by atoms with Crippen LogP contribution in [0.4, 0.5) is 0 Å². The fraction of sp³-hybridized carbons (Fsp3) is 0.714. The van der Waals surface area contributed by atoms with E-state index in [1.807, 2.05) is 12.2 Å². The molecule has 0 N–H and O–H groups in total. The van der Waals surface area contributed by atoms with Crippen molar-refractivity contribution in [1.29, 1.82) is 0 Å². The average Bonchev–Trinajstić information content (AvgIpc) is 2.29. The lowest BCUT2D eigenvalue weighted by molar-refractivity contribution is -0.140. The second-order valence-electron chi connectivity index (χ2n) is 3.78. The number of unbranched alkanes of at least 4 members (excludes halogenated alkanes) is 2. The van der Waals surface area contributed by atoms with Gasteiger partial charge in [0.25, 0.3) is 0 Å². The van der Waals surface area contributed by atoms with Crippen LogP contribution in [-0.2, 0) is 9.47 Å². The predicted molar refractivity (Wildman–Crippen MR) is 69.5 cm³/mol. The van der Waals surface area contributed by atoms with E-state index in [0.29, 0.717) is 0 Å². The first-order chi connectivity index (χ1) is 7.85. The molecule has 0 saturated carbocycles. The Morgan fingerprint density at radius 1 is 1.06 bits per heavy atom. The van der Waals surface area contributed by atoms with Crippen molar-refractivity contribution in [3.63, 3.8) is 0 Å². The normalized spacial score (nSPS) is 11.4. The largest absolute Gasteiger partial charge is 0.352 e. The standard InChI is InChI=1S/C14H26O2/c1-4-7-10-11-14(15-12-8-5-2)16-13-9-6-3/h4,7,10,14H,1,5-6,8-9,11-13H2,2-3H3/b10-7-. The first-order valence-electron chi connectivity index (χ1n) is 6.35. The molecule has 0 aromatic rings. The Balaban J connectivity index is 3.75. The summed E-state index contributed by atoms with van der Waals surface area (Å²) in [5, 5.41) is 0. The maximum Gasteiger partial charge on any atom is 0.160 e. The SMILES string of the molecule is C=C/C=C\CC(OCCCC)OCCCC. The third-order valence-corrected chi connectivity index (χ3v) is 2.20. The van der Waals surface area contributed by atoms with Crippen LogP contribution in [0.25, 0.3) is 0 Å². The Labute approximate surface area is 100 Å². The highest BCUT2D eigenvalue weighted by Crippen LogP contribution is 2.05. The van der Waals surface area contributed by atoms with Gasteiger partial charge in [0, 0.05) is 19.6 Å². The summed E-state index contributed by atoms with van der Waals surface area (Å²) in [4.78, 5) is 0. The Hall–Kier alpha value is -0.600. The number of hydrogen-bond acceptors (Lipinski definition) is 2. The average molecular weight is 226 g/mol. The molecule has 94 valence electrons. The van der Waals surface area contributed by atoms with Crippen LogP contribution in [0.2, 0.25) is 0 Å². The van der Waals surface area contributed by atoms with Gasteiger partial charge in [-0.25, -0.2) is 0 Å². The van der Waals surface area contributed by atoms with Crippen molar-refractivity contribution in [3.8, 4) is 0 Å². The molecule has 0 aliphatic rings. The number of allylic oxidation sites excluding steroid dienone is 2. The van der Waals surface area contributed by atoms with E-state index in [9.17, 15) is 0 Å². The van der Waals surface area contributed by atoms with E-state index in [2.05, 4.69) is 20.4 Å². The summed E-state index contributed by atoms with van der Waals surface area (Å²) < 4.78 is 11.3. The molecule has 2 nitrogen and oxygen atoms in total. The van der Waals surface area contributed by atoms with E-state index in [1.165, 1.54) is 0 Å². The van der Waals surface area contributed by atoms with E-state index in [0.717, 1.165) is 45.3 Å². The molecule has 0 fully saturated rings. The molecule has 0 saturated heterocycles. The lowest BCUT2D eigenvalue weighted by Gasteiger charge is -2.16. The predicted octanol–water partition coefficient (Wildman–Crippen LogP) is 4.08. The molecule has 0 atom stereocenters. The van der Waals surface area contributed by atoms with Gasteiger partial charge in [-0.15, -0.1) is 0 Å². The lowest BCUT2D eigenvalue weighted by Crippen LogP contribution is -2.18. The minimum atomic E-state index is -0.0886. The van der Waals surface area contributed by atoms with Gasteiger partial charge in [-0.05, 0) is 12.8 Å². The summed E-state index contributed by atoms with van der Waals surface area (Å²) in [6, 6.07) is 0. The minimum Gasteiger partial charge on any atom is -0.352 e. The molecule has 0 unspecified atom stereocenters. The van der Waals surface area contributed by atoms with Crippen molar-refractivity contribution in [2.24, 2.45) is 0 Å². The Kier molecular flexibility index (Phi) is 12.0. The second kappa shape index (κ2) is 12.5. The highest BCUT2D eigenvalue weighted by atomic mass is 16.7. The maximum atomic E-state index is 5.67. The molecule has 0 aliphatic carbocycles. The van der Waals surface area contributed by atoms with E-state index < -0.39 is 0 Å². The molecule has 0 heterocycles. The highest BCUT2D eigenvalue weighted by Gasteiger charge is 2.06. The van der Waals surface area contributed by atoms with E-state index >= 15 is 0 Å². The van der Waals surface area contributed by atoms with Crippen LogP contribution in [0.3, 0.4) is 0 Å². The zero-order valence-electron chi connectivity index (χ0n) is 10.8. The van der Waals surface area contributed by atoms with Crippen LogP contribution in [0.15, 0.2) is 24.8 Å². The van der Waals surface area contributed by atoms with Gasteiger partial charge in [-0.3, -0.25) is 0 Å². The zero-order valence-corrected chi connectivity index (χ0v) is 10.8. The van der Waals surface area contributed by atoms with E-state index in [1.54, 1.807) is 6.08 Å². The van der Waals surface area contributed by atoms with Crippen LogP contribution >= 0.6 is 0 Å². The molecule has 0 aromatic heterocycles. The first kappa shape index (κ1) is 15.4. The molecule has 16 heavy (non-hydrogen) atoms. The Morgan fingerprint density at radius 2 is 1.62 bits per heavy atom. The molecular weight excluding hydrogens is 200 g/mol. The van der Waals surface area contributed by atoms with Crippen LogP contribution in [0.5, 0.6) is 0 Å². The Bertz CT molecular complexity index is 166. The van der Waals surface area contributed by atoms with E-state index in [-0.39, 0.29) is 6.29 Å². The zero-order chi connectivity index (χ0) is 12.1. The van der Waals surface area contributed by atoms with Gasteiger partial charge in [-0.1, -0.05) is 51.5 Å². The molecule has 0 amide bonds. The molecule has 0 radical (unpaired) electrons. The lowest BCUT2D eigenvalue weighted by atomic mass is 10.3. The van der Waals surface area contributed by atoms with Crippen molar-refractivity contribution in [3.05, 3.63) is 24.8 Å². The fourth-order valence-corrected chi connectivity index (χ4v) is 1.19. The molecule has 0 spiro atoms. The molecule has 0 aliphatic heterocycles. The summed E-state index contributed by atoms with van der Waals surface area (Å²) in [5.74, 6) is 0. The van der Waals surface area contributed by atoms with E-state index in [4.69, 9.17) is 9.47 Å². The first-order valence-corrected chi connectivity index (χ1v) is 6.35. The molecular formula is C14H26O2. The van der Waals surface area contributed by atoms with Gasteiger partial charge in [0.15, 0.2) is 6.29 Å². The molecule has 0 bridgehead atoms. The van der Waals surface area contributed by atoms with Gasteiger partial charge in [-0.2, -0.15) is 0 Å². The number of ether oxygens (including phenoxy) is 2. The summed E-state index contributed by atoms with van der Waals surface area (Å²) >= 11 is 0. The maximum absolute atomic E-state index is 5.67. The van der Waals surface area contributed by atoms with Crippen LogP contribution < -0.4 is 0 Å². The summed E-state index contributed by atoms with van der Waals surface area (Å²) in [7, 11) is 0. The van der Waals surface area contributed by atoms with Gasteiger partial charge < -0.3 is 9.47 Å². The van der Waals surface area contributed by atoms with Crippen LogP contribution in [-0.4, -0.2) is 19.5 Å². The number of hydrogen-bond donors (Lipinski definition) is 0. The third-order valence-electron chi connectivity index (χ3n) is 2.20. The Morgan fingerprint density at radius 3 is 2.06 bits per heavy atom. The fourth-order valence-electron chi connectivity index (χ4n) is 1.19. The molecule has 2 heteroatoms. The van der Waals surface area contributed by atoms with Crippen LogP contribution in [0, 0.1) is 0 Å². The smallest absolute Gasteiger partial charge is 0.160 e. The van der Waals surface area contributed by atoms with Crippen molar-refractivity contribution < 1.29 is 9.47 Å². The van der Waals surface area contributed by atoms with Crippen molar-refractivity contribution in [1.82, 2.24) is 0 Å². The van der Waals surface area contributed by atoms with Gasteiger partial charge in [0.05, 0.1) is 0 Å². The second-order valence-corrected chi connectivity index (χ2v) is 3.78. The van der Waals surface area contributed by atoms with Gasteiger partial charge in [0.2, 0.25) is 0 Å². The van der Waals surface area contributed by atoms with Gasteiger partial charge >= 0.3 is 0 Å². The molecule has 0 rings (SSSR count). The summed E-state index contributed by atoms with van der Waals surface area (Å²) in [5.41, 5.74) is 0. The van der Waals surface area contributed by atoms with Crippen LogP contribution in [0.1, 0.15) is 46.0 Å². The monoisotopic (exact) mass is 226 g/mol. The third kappa shape index (κ3) is 9.94. The topological polar surface area (TPSA) is 18.5 Å². The quantitative estimate of drug-likeness (QED) is 0.300. The van der Waals surface area contributed by atoms with Crippen molar-refractivity contribution in [2.45, 2.75) is 52.2 Å². The molecule has 0 aromatic carbocycles. The minimum absolute atomic E-state index is 0.0886. The van der Waals surface area contributed by atoms with Gasteiger partial charge in [0.1, 0.15) is 0 Å². The highest BCUT2D eigenvalue weighted by molar-refractivity contribution is 4.97. The van der Waals surface area contributed by atoms with Crippen molar-refractivity contribution >= 4 is 0 Å². The summed E-state index contributed by atoms with van der Waals surface area (Å²) in [6.07, 6.45) is 11.0. The summed E-state index contributed by atoms with van der Waals surface area (Å²) in [6.45, 7) is 9.54.